The summed E-state index contributed by atoms with van der Waals surface area (Å²) in [5.74, 6) is 2.15. The number of rotatable bonds is 5. The first-order valence-electron chi connectivity index (χ1n) is 8.98. The predicted molar refractivity (Wildman–Crippen MR) is 101 cm³/mol. The number of amides is 1. The third kappa shape index (κ3) is 3.27. The van der Waals surface area contributed by atoms with E-state index in [0.29, 0.717) is 11.5 Å². The Hall–Kier alpha value is -2.88. The summed E-state index contributed by atoms with van der Waals surface area (Å²) >= 11 is 0. The molecular weight excluding hydrogens is 324 g/mol. The van der Waals surface area contributed by atoms with Gasteiger partial charge in [-0.05, 0) is 62.1 Å². The highest BCUT2D eigenvalue weighted by Gasteiger charge is 2.37. The number of aromatic nitrogens is 1. The van der Waals surface area contributed by atoms with Crippen molar-refractivity contribution in [3.63, 3.8) is 0 Å². The van der Waals surface area contributed by atoms with Crippen molar-refractivity contribution in [3.8, 4) is 11.3 Å². The van der Waals surface area contributed by atoms with E-state index in [0.717, 1.165) is 35.6 Å². The molecule has 0 N–H and O–H groups in total. The molecule has 1 aliphatic rings. The Balaban J connectivity index is 1.62. The number of carbonyl (C=O) groups excluding carboxylic acids is 1. The third-order valence-electron chi connectivity index (χ3n) is 4.93. The van der Waals surface area contributed by atoms with E-state index in [2.05, 4.69) is 4.98 Å². The highest BCUT2D eigenvalue weighted by molar-refractivity contribution is 5.95. The molecule has 26 heavy (non-hydrogen) atoms. The number of hydrogen-bond donors (Lipinski definition) is 0. The van der Waals surface area contributed by atoms with E-state index in [1.807, 2.05) is 73.5 Å². The van der Waals surface area contributed by atoms with Crippen molar-refractivity contribution in [1.29, 1.82) is 0 Å². The summed E-state index contributed by atoms with van der Waals surface area (Å²) in [5.41, 5.74) is 2.54. The van der Waals surface area contributed by atoms with Crippen LogP contribution < -0.4 is 0 Å². The van der Waals surface area contributed by atoms with Gasteiger partial charge in [0, 0.05) is 24.4 Å². The molecule has 2 heterocycles. The fourth-order valence-corrected chi connectivity index (χ4v) is 3.44. The predicted octanol–water partition coefficient (Wildman–Crippen LogP) is 4.87. The van der Waals surface area contributed by atoms with Crippen LogP contribution in [-0.4, -0.2) is 22.8 Å². The van der Waals surface area contributed by atoms with Crippen LogP contribution in [0.25, 0.3) is 11.3 Å². The van der Waals surface area contributed by atoms with Gasteiger partial charge in [-0.2, -0.15) is 0 Å². The zero-order valence-electron chi connectivity index (χ0n) is 15.1. The lowest BCUT2D eigenvalue weighted by atomic mass is 10.0. The fraction of sp³-hybridized carbons (Fsp3) is 0.273. The molecule has 1 aromatic carbocycles. The van der Waals surface area contributed by atoms with Crippen LogP contribution in [0.4, 0.5) is 0 Å². The normalized spacial score (nSPS) is 14.8. The molecule has 0 bridgehead atoms. The number of furan rings is 1. The molecule has 132 valence electrons. The zero-order chi connectivity index (χ0) is 18.1. The summed E-state index contributed by atoms with van der Waals surface area (Å²) in [5, 5.41) is 0. The van der Waals surface area contributed by atoms with Crippen molar-refractivity contribution in [2.45, 2.75) is 25.8 Å². The number of nitrogens with zero attached hydrogens (tertiary/aromatic N) is 2. The molecule has 0 spiro atoms. The lowest BCUT2D eigenvalue weighted by Crippen LogP contribution is -2.33. The maximum atomic E-state index is 13.1. The van der Waals surface area contributed by atoms with Crippen molar-refractivity contribution >= 4 is 5.91 Å². The van der Waals surface area contributed by atoms with Crippen LogP contribution in [-0.2, 0) is 0 Å². The van der Waals surface area contributed by atoms with Gasteiger partial charge in [0.15, 0.2) is 0 Å². The average Bonchev–Trinajstić information content (AvgIpc) is 3.41. The minimum atomic E-state index is 0.0117. The summed E-state index contributed by atoms with van der Waals surface area (Å²) in [6, 6.07) is 17.4. The zero-order valence-corrected chi connectivity index (χ0v) is 15.1. The Bertz CT molecular complexity index is 913. The second kappa shape index (κ2) is 6.79. The fourth-order valence-electron chi connectivity index (χ4n) is 3.44. The van der Waals surface area contributed by atoms with Gasteiger partial charge in [0.1, 0.15) is 11.5 Å². The van der Waals surface area contributed by atoms with E-state index in [9.17, 15) is 4.79 Å². The van der Waals surface area contributed by atoms with Crippen molar-refractivity contribution in [3.05, 3.63) is 77.8 Å². The van der Waals surface area contributed by atoms with Gasteiger partial charge < -0.3 is 9.32 Å². The van der Waals surface area contributed by atoms with Gasteiger partial charge in [-0.3, -0.25) is 9.78 Å². The van der Waals surface area contributed by atoms with Crippen molar-refractivity contribution in [2.75, 3.05) is 7.05 Å². The third-order valence-corrected chi connectivity index (χ3v) is 4.93. The molecule has 0 unspecified atom stereocenters. The Morgan fingerprint density at radius 2 is 2.00 bits per heavy atom. The molecular formula is C22H22N2O2. The highest BCUT2D eigenvalue weighted by Crippen LogP contribution is 2.43. The largest absolute Gasteiger partial charge is 0.461 e. The van der Waals surface area contributed by atoms with Crippen molar-refractivity contribution in [2.24, 2.45) is 5.92 Å². The Morgan fingerprint density at radius 1 is 1.15 bits per heavy atom. The minimum absolute atomic E-state index is 0.0117. The monoisotopic (exact) mass is 346 g/mol. The molecule has 1 atom stereocenters. The smallest absolute Gasteiger partial charge is 0.254 e. The maximum absolute atomic E-state index is 13.1. The number of hydrogen-bond acceptors (Lipinski definition) is 3. The standard InChI is InChI=1S/C22H22N2O2/c1-15-9-12-20(26-15)17-6-5-7-18(14-17)22(25)24(2)21(16-10-11-16)19-8-3-4-13-23-19/h3-9,12-14,16,21H,10-11H2,1-2H3/t21-/m1/s1. The molecule has 0 radical (unpaired) electrons. The van der Waals surface area contributed by atoms with Gasteiger partial charge in [-0.1, -0.05) is 18.2 Å². The molecule has 1 saturated carbocycles. The van der Waals surface area contributed by atoms with Crippen molar-refractivity contribution < 1.29 is 9.21 Å². The van der Waals surface area contributed by atoms with Gasteiger partial charge in [0.25, 0.3) is 5.91 Å². The first-order valence-corrected chi connectivity index (χ1v) is 8.98. The van der Waals surface area contributed by atoms with Crippen LogP contribution in [0.2, 0.25) is 0 Å². The Kier molecular flexibility index (Phi) is 4.33. The van der Waals surface area contributed by atoms with Gasteiger partial charge in [-0.15, -0.1) is 0 Å². The van der Waals surface area contributed by atoms with Crippen molar-refractivity contribution in [1.82, 2.24) is 9.88 Å². The minimum Gasteiger partial charge on any atom is -0.461 e. The van der Waals surface area contributed by atoms with Crippen LogP contribution in [0.15, 0.2) is 65.2 Å². The molecule has 1 aliphatic carbocycles. The van der Waals surface area contributed by atoms with Gasteiger partial charge in [0.05, 0.1) is 11.7 Å². The van der Waals surface area contributed by atoms with E-state index >= 15 is 0 Å². The van der Waals surface area contributed by atoms with Gasteiger partial charge >= 0.3 is 0 Å². The molecule has 1 amide bonds. The number of benzene rings is 1. The van der Waals surface area contributed by atoms with Crippen LogP contribution in [0.1, 0.15) is 40.7 Å². The molecule has 0 saturated heterocycles. The first-order chi connectivity index (χ1) is 12.6. The molecule has 3 aromatic rings. The van der Waals surface area contributed by atoms with E-state index in [1.165, 1.54) is 0 Å². The first kappa shape index (κ1) is 16.6. The van der Waals surface area contributed by atoms with Gasteiger partial charge in [0.2, 0.25) is 0 Å². The lowest BCUT2D eigenvalue weighted by Gasteiger charge is -2.28. The van der Waals surface area contributed by atoms with Crippen LogP contribution >= 0.6 is 0 Å². The highest BCUT2D eigenvalue weighted by atomic mass is 16.3. The average molecular weight is 346 g/mol. The molecule has 2 aromatic heterocycles. The summed E-state index contributed by atoms with van der Waals surface area (Å²) in [4.78, 5) is 19.5. The van der Waals surface area contributed by atoms with E-state index < -0.39 is 0 Å². The molecule has 1 fully saturated rings. The molecule has 4 rings (SSSR count). The molecule has 0 aliphatic heterocycles. The number of aryl methyl sites for hydroxylation is 1. The quantitative estimate of drug-likeness (QED) is 0.662. The van der Waals surface area contributed by atoms with E-state index in [1.54, 1.807) is 6.20 Å². The maximum Gasteiger partial charge on any atom is 0.254 e. The SMILES string of the molecule is Cc1ccc(-c2cccc(C(=O)N(C)[C@@H](c3ccccn3)C3CC3)c2)o1. The number of pyridine rings is 1. The van der Waals surface area contributed by atoms with E-state index in [4.69, 9.17) is 4.42 Å². The van der Waals surface area contributed by atoms with Crippen LogP contribution in [0.5, 0.6) is 0 Å². The lowest BCUT2D eigenvalue weighted by molar-refractivity contribution is 0.0707. The summed E-state index contributed by atoms with van der Waals surface area (Å²) in [6.07, 6.45) is 4.08. The summed E-state index contributed by atoms with van der Waals surface area (Å²) < 4.78 is 5.69. The second-order valence-corrected chi connectivity index (χ2v) is 6.94. The Labute approximate surface area is 153 Å². The molecule has 4 nitrogen and oxygen atoms in total. The topological polar surface area (TPSA) is 46.3 Å². The van der Waals surface area contributed by atoms with E-state index in [-0.39, 0.29) is 11.9 Å². The Morgan fingerprint density at radius 3 is 2.65 bits per heavy atom. The summed E-state index contributed by atoms with van der Waals surface area (Å²) in [7, 11) is 1.88. The van der Waals surface area contributed by atoms with Crippen LogP contribution in [0.3, 0.4) is 0 Å². The molecule has 4 heteroatoms. The second-order valence-electron chi connectivity index (χ2n) is 6.94. The van der Waals surface area contributed by atoms with Crippen LogP contribution in [0, 0.1) is 12.8 Å². The number of carbonyl (C=O) groups is 1. The summed E-state index contributed by atoms with van der Waals surface area (Å²) in [6.45, 7) is 1.92. The van der Waals surface area contributed by atoms with Gasteiger partial charge in [-0.25, -0.2) is 0 Å².